The van der Waals surface area contributed by atoms with Gasteiger partial charge in [0.05, 0.1) is 4.92 Å². The number of benzene rings is 1. The normalized spacial score (nSPS) is 12.0. The second-order valence-corrected chi connectivity index (χ2v) is 6.48. The van der Waals surface area contributed by atoms with Crippen molar-refractivity contribution in [2.24, 2.45) is 5.14 Å². The van der Waals surface area contributed by atoms with Crippen molar-refractivity contribution in [3.63, 3.8) is 0 Å². The number of nitro groups is 1. The largest absolute Gasteiger partial charge is 0.456 e. The average molecular weight is 302 g/mol. The zero-order valence-electron chi connectivity index (χ0n) is 11.1. The monoisotopic (exact) mass is 302 g/mol. The lowest BCUT2D eigenvalue weighted by atomic mass is 10.1. The van der Waals surface area contributed by atoms with Crippen LogP contribution in [0.2, 0.25) is 0 Å². The summed E-state index contributed by atoms with van der Waals surface area (Å²) in [5, 5.41) is 15.9. The van der Waals surface area contributed by atoms with Gasteiger partial charge in [-0.1, -0.05) is 6.07 Å². The highest BCUT2D eigenvalue weighted by Gasteiger charge is 2.32. The van der Waals surface area contributed by atoms with E-state index in [2.05, 4.69) is 0 Å². The summed E-state index contributed by atoms with van der Waals surface area (Å²) in [5.74, 6) is -1.12. The maximum atomic E-state index is 12.0. The summed E-state index contributed by atoms with van der Waals surface area (Å²) in [4.78, 5) is 21.4. The molecule has 0 fully saturated rings. The summed E-state index contributed by atoms with van der Waals surface area (Å²) in [5.41, 5.74) is -2.28. The van der Waals surface area contributed by atoms with Crippen LogP contribution in [0.3, 0.4) is 0 Å². The summed E-state index contributed by atoms with van der Waals surface area (Å²) in [6.45, 7) is 4.66. The van der Waals surface area contributed by atoms with Gasteiger partial charge in [0.25, 0.3) is 5.69 Å². The van der Waals surface area contributed by atoms with Crippen molar-refractivity contribution in [3.05, 3.63) is 33.9 Å². The van der Waals surface area contributed by atoms with Gasteiger partial charge in [0, 0.05) is 6.07 Å². The van der Waals surface area contributed by atoms with Crippen LogP contribution in [0, 0.1) is 10.1 Å². The van der Waals surface area contributed by atoms with E-state index in [1.165, 1.54) is 0 Å². The molecule has 0 aliphatic carbocycles. The smallest absolute Gasteiger partial charge is 0.347 e. The maximum Gasteiger partial charge on any atom is 0.347 e. The zero-order valence-corrected chi connectivity index (χ0v) is 11.9. The van der Waals surface area contributed by atoms with E-state index in [1.54, 1.807) is 20.8 Å². The van der Waals surface area contributed by atoms with Crippen molar-refractivity contribution >= 4 is 21.7 Å². The lowest BCUT2D eigenvalue weighted by Gasteiger charge is -2.20. The van der Waals surface area contributed by atoms with Gasteiger partial charge in [0.15, 0.2) is 5.56 Å². The zero-order chi connectivity index (χ0) is 15.7. The van der Waals surface area contributed by atoms with Crippen molar-refractivity contribution in [1.29, 1.82) is 0 Å². The van der Waals surface area contributed by atoms with E-state index in [0.717, 1.165) is 18.2 Å². The highest BCUT2D eigenvalue weighted by atomic mass is 32.2. The number of carbonyl (C=O) groups is 1. The summed E-state index contributed by atoms with van der Waals surface area (Å²) in [6, 6.07) is 3.15. The minimum atomic E-state index is -4.30. The van der Waals surface area contributed by atoms with Gasteiger partial charge in [-0.05, 0) is 26.8 Å². The molecule has 0 unspecified atom stereocenters. The molecule has 1 aromatic rings. The standard InChI is InChI=1S/C11H14N2O6S/c1-11(2,3)19-10(14)9-7(13(15)16)5-4-6-8(9)20(12,17)18/h4-6H,1-3H3,(H2,12,17,18). The van der Waals surface area contributed by atoms with Crippen molar-refractivity contribution in [1.82, 2.24) is 0 Å². The number of nitrogens with zero attached hydrogens (tertiary/aromatic N) is 1. The lowest BCUT2D eigenvalue weighted by molar-refractivity contribution is -0.385. The van der Waals surface area contributed by atoms with Crippen molar-refractivity contribution < 1.29 is 22.9 Å². The van der Waals surface area contributed by atoms with Gasteiger partial charge in [-0.15, -0.1) is 0 Å². The molecular weight excluding hydrogens is 288 g/mol. The number of sulfonamides is 1. The SMILES string of the molecule is CC(C)(C)OC(=O)c1c([N+](=O)[O-])cccc1S(N)(=O)=O. The molecule has 0 saturated heterocycles. The molecule has 1 aromatic carbocycles. The quantitative estimate of drug-likeness (QED) is 0.507. The fourth-order valence-electron chi connectivity index (χ4n) is 1.44. The van der Waals surface area contributed by atoms with Gasteiger partial charge >= 0.3 is 5.97 Å². The minimum Gasteiger partial charge on any atom is -0.456 e. The first-order valence-electron chi connectivity index (χ1n) is 5.47. The molecule has 0 atom stereocenters. The van der Waals surface area contributed by atoms with Crippen molar-refractivity contribution in [3.8, 4) is 0 Å². The Hall–Kier alpha value is -2.00. The molecule has 8 nitrogen and oxygen atoms in total. The van der Waals surface area contributed by atoms with Crippen LogP contribution in [0.1, 0.15) is 31.1 Å². The number of hydrogen-bond donors (Lipinski definition) is 1. The minimum absolute atomic E-state index is 0.638. The highest BCUT2D eigenvalue weighted by Crippen LogP contribution is 2.27. The first kappa shape index (κ1) is 16.1. The number of primary sulfonamides is 1. The Bertz CT molecular complexity index is 660. The molecule has 0 aromatic heterocycles. The van der Waals surface area contributed by atoms with Crippen molar-refractivity contribution in [2.45, 2.75) is 31.3 Å². The van der Waals surface area contributed by atoms with Crippen LogP contribution in [-0.4, -0.2) is 24.9 Å². The van der Waals surface area contributed by atoms with E-state index in [4.69, 9.17) is 9.88 Å². The molecule has 0 heterocycles. The van der Waals surface area contributed by atoms with Crippen LogP contribution in [0.5, 0.6) is 0 Å². The first-order chi connectivity index (χ1) is 8.93. The molecule has 0 bridgehead atoms. The second kappa shape index (κ2) is 5.17. The molecule has 0 aliphatic rings. The van der Waals surface area contributed by atoms with E-state index < -0.39 is 42.7 Å². The number of nitrogens with two attached hydrogens (primary N) is 1. The Morgan fingerprint density at radius 3 is 2.30 bits per heavy atom. The molecule has 0 saturated carbocycles. The fourth-order valence-corrected chi connectivity index (χ4v) is 2.18. The first-order valence-corrected chi connectivity index (χ1v) is 7.01. The molecule has 20 heavy (non-hydrogen) atoms. The number of hydrogen-bond acceptors (Lipinski definition) is 6. The Labute approximate surface area is 115 Å². The molecule has 0 spiro atoms. The van der Waals surface area contributed by atoms with Gasteiger partial charge in [-0.2, -0.15) is 0 Å². The van der Waals surface area contributed by atoms with Crippen LogP contribution in [0.25, 0.3) is 0 Å². The highest BCUT2D eigenvalue weighted by molar-refractivity contribution is 7.89. The third-order valence-electron chi connectivity index (χ3n) is 2.11. The molecule has 1 rings (SSSR count). The van der Waals surface area contributed by atoms with E-state index in [0.29, 0.717) is 0 Å². The maximum absolute atomic E-state index is 12.0. The van der Waals surface area contributed by atoms with Gasteiger partial charge < -0.3 is 4.74 Å². The van der Waals surface area contributed by atoms with Gasteiger partial charge in [0.1, 0.15) is 10.5 Å². The molecule has 0 radical (unpaired) electrons. The number of rotatable bonds is 3. The Balaban J connectivity index is 3.56. The lowest BCUT2D eigenvalue weighted by Crippen LogP contribution is -2.26. The predicted molar refractivity (Wildman–Crippen MR) is 69.6 cm³/mol. The average Bonchev–Trinajstić information content (AvgIpc) is 2.24. The van der Waals surface area contributed by atoms with Crippen LogP contribution in [0.4, 0.5) is 5.69 Å². The summed E-state index contributed by atoms with van der Waals surface area (Å²) < 4.78 is 27.9. The fraction of sp³-hybridized carbons (Fsp3) is 0.364. The molecule has 0 amide bonds. The topological polar surface area (TPSA) is 130 Å². The molecule has 0 aliphatic heterocycles. The van der Waals surface area contributed by atoms with Crippen LogP contribution < -0.4 is 5.14 Å². The number of nitro benzene ring substituents is 1. The van der Waals surface area contributed by atoms with Crippen molar-refractivity contribution in [2.75, 3.05) is 0 Å². The Morgan fingerprint density at radius 1 is 1.35 bits per heavy atom. The third kappa shape index (κ3) is 3.75. The number of carbonyl (C=O) groups excluding carboxylic acids is 1. The molecule has 9 heteroatoms. The number of ether oxygens (including phenoxy) is 1. The summed E-state index contributed by atoms with van der Waals surface area (Å²) >= 11 is 0. The van der Waals surface area contributed by atoms with Crippen LogP contribution in [0.15, 0.2) is 23.1 Å². The Morgan fingerprint density at radius 2 is 1.90 bits per heavy atom. The Kier molecular flexibility index (Phi) is 4.15. The van der Waals surface area contributed by atoms with Crippen LogP contribution >= 0.6 is 0 Å². The van der Waals surface area contributed by atoms with Gasteiger partial charge in [-0.25, -0.2) is 18.4 Å². The summed E-state index contributed by atoms with van der Waals surface area (Å²) in [6.07, 6.45) is 0. The van der Waals surface area contributed by atoms with Gasteiger partial charge in [-0.3, -0.25) is 10.1 Å². The van der Waals surface area contributed by atoms with E-state index in [9.17, 15) is 23.3 Å². The van der Waals surface area contributed by atoms with Gasteiger partial charge in [0.2, 0.25) is 10.0 Å². The second-order valence-electron chi connectivity index (χ2n) is 4.95. The predicted octanol–water partition coefficient (Wildman–Crippen LogP) is 1.20. The third-order valence-corrected chi connectivity index (χ3v) is 3.06. The van der Waals surface area contributed by atoms with E-state index in [-0.39, 0.29) is 0 Å². The molecular formula is C11H14N2O6S. The summed E-state index contributed by atoms with van der Waals surface area (Å²) in [7, 11) is -4.30. The number of esters is 1. The molecule has 2 N–H and O–H groups in total. The van der Waals surface area contributed by atoms with E-state index >= 15 is 0 Å². The van der Waals surface area contributed by atoms with E-state index in [1.807, 2.05) is 0 Å². The van der Waals surface area contributed by atoms with Crippen LogP contribution in [-0.2, 0) is 14.8 Å². The molecule has 110 valence electrons.